The van der Waals surface area contributed by atoms with E-state index in [2.05, 4.69) is 15.0 Å². The molecule has 1 atom stereocenters. The van der Waals surface area contributed by atoms with Crippen LogP contribution in [0, 0.1) is 0 Å². The number of hydrogen-bond acceptors (Lipinski definition) is 6. The highest BCUT2D eigenvalue weighted by Crippen LogP contribution is 2.42. The van der Waals surface area contributed by atoms with Gasteiger partial charge in [0.2, 0.25) is 16.8 Å². The van der Waals surface area contributed by atoms with Crippen LogP contribution in [-0.2, 0) is 22.2 Å². The highest BCUT2D eigenvalue weighted by molar-refractivity contribution is 7.16. The maximum Gasteiger partial charge on any atom is 0.443 e. The van der Waals surface area contributed by atoms with Gasteiger partial charge in [0, 0.05) is 31.4 Å². The molecule has 12 heteroatoms. The monoisotopic (exact) mass is 540 g/mol. The number of nitrogens with one attached hydrogen (secondary N) is 1. The number of H-pyrrole nitrogens is 1. The maximum atomic E-state index is 13.7. The summed E-state index contributed by atoms with van der Waals surface area (Å²) in [5.74, 6) is -0.0454. The van der Waals surface area contributed by atoms with Gasteiger partial charge in [0.25, 0.3) is 0 Å². The van der Waals surface area contributed by atoms with Gasteiger partial charge in [-0.1, -0.05) is 41.7 Å². The zero-order valence-corrected chi connectivity index (χ0v) is 21.1. The van der Waals surface area contributed by atoms with Crippen molar-refractivity contribution in [2.75, 3.05) is 36.0 Å². The molecule has 0 aliphatic carbocycles. The van der Waals surface area contributed by atoms with Crippen LogP contribution in [-0.4, -0.2) is 63.9 Å². The van der Waals surface area contributed by atoms with E-state index in [0.29, 0.717) is 47.0 Å². The second kappa shape index (κ2) is 9.12. The number of aromatic nitrogens is 3. The molecule has 0 bridgehead atoms. The Balaban J connectivity index is 1.23. The third-order valence-electron chi connectivity index (χ3n) is 6.92. The zero-order valence-electron chi connectivity index (χ0n) is 20.3. The number of halogens is 3. The Morgan fingerprint density at radius 2 is 1.87 bits per heavy atom. The van der Waals surface area contributed by atoms with E-state index < -0.39 is 11.2 Å². The minimum Gasteiger partial charge on any atom is -0.358 e. The molecule has 2 aliphatic heterocycles. The van der Waals surface area contributed by atoms with Gasteiger partial charge in [0.05, 0.1) is 17.5 Å². The van der Waals surface area contributed by atoms with Gasteiger partial charge in [0.15, 0.2) is 5.82 Å². The summed E-state index contributed by atoms with van der Waals surface area (Å²) in [7, 11) is 0. The smallest absolute Gasteiger partial charge is 0.358 e. The fraction of sp³-hybridized carbons (Fsp3) is 0.308. The molecule has 2 aromatic heterocycles. The number of amides is 2. The second-order valence-electron chi connectivity index (χ2n) is 9.44. The van der Waals surface area contributed by atoms with Crippen LogP contribution >= 0.6 is 11.3 Å². The zero-order chi connectivity index (χ0) is 26.6. The molecule has 0 radical (unpaired) electrons. The number of carbonyl (C=O) groups excluding carboxylic acids is 2. The normalized spacial score (nSPS) is 17.9. The summed E-state index contributed by atoms with van der Waals surface area (Å²) >= 11 is 0.582. The summed E-state index contributed by atoms with van der Waals surface area (Å²) in [6.07, 6.45) is -4.32. The molecular weight excluding hydrogens is 517 g/mol. The van der Waals surface area contributed by atoms with Crippen LogP contribution in [0.5, 0.6) is 0 Å². The predicted molar refractivity (Wildman–Crippen MR) is 138 cm³/mol. The molecule has 6 rings (SSSR count). The molecule has 1 fully saturated rings. The summed E-state index contributed by atoms with van der Waals surface area (Å²) < 4.78 is 41.0. The van der Waals surface area contributed by atoms with E-state index in [4.69, 9.17) is 0 Å². The van der Waals surface area contributed by atoms with Gasteiger partial charge < -0.3 is 19.7 Å². The third kappa shape index (κ3) is 4.28. The quantitative estimate of drug-likeness (QED) is 0.417. The molecule has 2 amide bonds. The van der Waals surface area contributed by atoms with Crippen LogP contribution in [0.15, 0.2) is 48.5 Å². The van der Waals surface area contributed by atoms with E-state index in [1.54, 1.807) is 17.0 Å². The topological polar surface area (TPSA) is 85.4 Å². The summed E-state index contributed by atoms with van der Waals surface area (Å²) in [6, 6.07) is 14.3. The molecular formula is C26H23F3N6O2S. The van der Waals surface area contributed by atoms with Gasteiger partial charge in [-0.15, -0.1) is 0 Å². The molecule has 0 spiro atoms. The van der Waals surface area contributed by atoms with Gasteiger partial charge >= 0.3 is 6.18 Å². The number of para-hydroxylation sites is 3. The fourth-order valence-electron chi connectivity index (χ4n) is 5.10. The Morgan fingerprint density at radius 1 is 1.11 bits per heavy atom. The molecule has 2 aliphatic rings. The van der Waals surface area contributed by atoms with Crippen LogP contribution in [0.3, 0.4) is 0 Å². The molecule has 8 nitrogen and oxygen atoms in total. The van der Waals surface area contributed by atoms with Crippen molar-refractivity contribution in [1.29, 1.82) is 0 Å². The minimum absolute atomic E-state index is 0.0663. The highest BCUT2D eigenvalue weighted by Gasteiger charge is 2.39. The van der Waals surface area contributed by atoms with Gasteiger partial charge in [-0.25, -0.2) is 9.97 Å². The Hall–Kier alpha value is -3.93. The SMILES string of the molecule is CC1CN(c2sc(C(F)(F)F)nc2-c2nc3ccccc3[nH]2)CCN1C(=O)CN1C(=O)Cc2ccccc21. The third-order valence-corrected chi connectivity index (χ3v) is 8.08. The fourth-order valence-corrected chi connectivity index (χ4v) is 6.06. The van der Waals surface area contributed by atoms with E-state index in [1.165, 1.54) is 4.90 Å². The van der Waals surface area contributed by atoms with Crippen molar-refractivity contribution in [3.63, 3.8) is 0 Å². The van der Waals surface area contributed by atoms with Gasteiger partial charge in [0.1, 0.15) is 17.2 Å². The van der Waals surface area contributed by atoms with E-state index in [0.717, 1.165) is 11.3 Å². The van der Waals surface area contributed by atoms with Crippen LogP contribution < -0.4 is 9.80 Å². The molecule has 2 aromatic carbocycles. The Bertz CT molecular complexity index is 1510. The van der Waals surface area contributed by atoms with Crippen molar-refractivity contribution in [2.24, 2.45) is 0 Å². The lowest BCUT2D eigenvalue weighted by atomic mass is 10.1. The molecule has 0 saturated carbocycles. The number of thiazole rings is 1. The van der Waals surface area contributed by atoms with E-state index >= 15 is 0 Å². The molecule has 1 unspecified atom stereocenters. The summed E-state index contributed by atoms with van der Waals surface area (Å²) in [5, 5.41) is -0.584. The summed E-state index contributed by atoms with van der Waals surface area (Å²) in [4.78, 5) is 42.3. The van der Waals surface area contributed by atoms with Crippen LogP contribution in [0.2, 0.25) is 0 Å². The van der Waals surface area contributed by atoms with Gasteiger partial charge in [-0.2, -0.15) is 13.2 Å². The maximum absolute atomic E-state index is 13.7. The van der Waals surface area contributed by atoms with Crippen LogP contribution in [0.1, 0.15) is 17.5 Å². The first-order valence-electron chi connectivity index (χ1n) is 12.1. The van der Waals surface area contributed by atoms with Gasteiger partial charge in [-0.3, -0.25) is 9.59 Å². The minimum atomic E-state index is -4.59. The van der Waals surface area contributed by atoms with Gasteiger partial charge in [-0.05, 0) is 30.7 Å². The Labute approximate surface area is 219 Å². The number of carbonyl (C=O) groups is 2. The van der Waals surface area contributed by atoms with Crippen molar-refractivity contribution in [2.45, 2.75) is 25.6 Å². The van der Waals surface area contributed by atoms with Crippen LogP contribution in [0.25, 0.3) is 22.6 Å². The van der Waals surface area contributed by atoms with E-state index in [1.807, 2.05) is 48.2 Å². The standard InChI is InChI=1S/C26H23F3N6O2S/c1-15-13-33(10-11-34(15)21(37)14-35-19-9-5-2-6-16(19)12-20(35)36)24-22(32-25(38-24)26(27,28)29)23-30-17-7-3-4-8-18(17)31-23/h2-9,15H,10-14H2,1H3,(H,30,31). The van der Waals surface area contributed by atoms with E-state index in [-0.39, 0.29) is 42.3 Å². The van der Waals surface area contributed by atoms with Crippen molar-refractivity contribution in [1.82, 2.24) is 19.9 Å². The number of nitrogens with zero attached hydrogens (tertiary/aromatic N) is 5. The lowest BCUT2D eigenvalue weighted by Gasteiger charge is -2.41. The first-order valence-corrected chi connectivity index (χ1v) is 13.0. The number of hydrogen-bond donors (Lipinski definition) is 1. The molecule has 196 valence electrons. The second-order valence-corrected chi connectivity index (χ2v) is 10.4. The number of benzene rings is 2. The Morgan fingerprint density at radius 3 is 2.63 bits per heavy atom. The molecule has 38 heavy (non-hydrogen) atoms. The lowest BCUT2D eigenvalue weighted by molar-refractivity contribution is -0.137. The first-order chi connectivity index (χ1) is 18.2. The average Bonchev–Trinajstić information content (AvgIpc) is 3.59. The first kappa shape index (κ1) is 24.4. The van der Waals surface area contributed by atoms with Crippen molar-refractivity contribution >= 4 is 44.9 Å². The average molecular weight is 541 g/mol. The van der Waals surface area contributed by atoms with E-state index in [9.17, 15) is 22.8 Å². The lowest BCUT2D eigenvalue weighted by Crippen LogP contribution is -2.56. The van der Waals surface area contributed by atoms with Crippen molar-refractivity contribution in [3.8, 4) is 11.5 Å². The van der Waals surface area contributed by atoms with Crippen molar-refractivity contribution in [3.05, 3.63) is 59.1 Å². The largest absolute Gasteiger partial charge is 0.443 e. The molecule has 4 heterocycles. The highest BCUT2D eigenvalue weighted by atomic mass is 32.1. The molecule has 4 aromatic rings. The Kier molecular flexibility index (Phi) is 5.86. The number of anilines is 2. The number of aromatic amines is 1. The summed E-state index contributed by atoms with van der Waals surface area (Å²) in [6.45, 7) is 2.75. The molecule has 1 N–H and O–H groups in total. The number of fused-ring (bicyclic) bond motifs is 2. The predicted octanol–water partition coefficient (Wildman–Crippen LogP) is 4.33. The number of alkyl halides is 3. The van der Waals surface area contributed by atoms with Crippen molar-refractivity contribution < 1.29 is 22.8 Å². The number of piperazine rings is 1. The summed E-state index contributed by atoms with van der Waals surface area (Å²) in [5.41, 5.74) is 3.13. The number of imidazole rings is 1. The molecule has 1 saturated heterocycles. The van der Waals surface area contributed by atoms with Crippen LogP contribution in [0.4, 0.5) is 23.9 Å². The number of rotatable bonds is 4.